The minimum atomic E-state index is -0.311. The van der Waals surface area contributed by atoms with E-state index < -0.39 is 0 Å². The van der Waals surface area contributed by atoms with Crippen molar-refractivity contribution in [3.05, 3.63) is 90.5 Å². The summed E-state index contributed by atoms with van der Waals surface area (Å²) in [5.74, 6) is -0.141. The summed E-state index contributed by atoms with van der Waals surface area (Å²) in [5.41, 5.74) is 12.6. The Kier molecular flexibility index (Phi) is 6.60. The molecule has 0 spiro atoms. The summed E-state index contributed by atoms with van der Waals surface area (Å²) in [7, 11) is 3.89. The summed E-state index contributed by atoms with van der Waals surface area (Å²) < 4.78 is 15.6. The molecule has 0 unspecified atom stereocenters. The molecular formula is C30H30N6O3. The molecule has 39 heavy (non-hydrogen) atoms. The second-order valence-corrected chi connectivity index (χ2v) is 9.92. The maximum absolute atomic E-state index is 13.1. The van der Waals surface area contributed by atoms with E-state index in [1.165, 1.54) is 16.5 Å². The third kappa shape index (κ3) is 5.14. The van der Waals surface area contributed by atoms with Crippen molar-refractivity contribution in [3.63, 3.8) is 0 Å². The number of amides is 1. The SMILES string of the molecule is Cn1cc(-c2cnc(N)c(C(=O)N[C@H]3COC[C@@H]3OCc3ccc(-c4ccc5c(ccn5C)c4)cc3)c2)cn1. The van der Waals surface area contributed by atoms with Crippen LogP contribution in [0.1, 0.15) is 15.9 Å². The van der Waals surface area contributed by atoms with Gasteiger partial charge in [-0.15, -0.1) is 0 Å². The van der Waals surface area contributed by atoms with Gasteiger partial charge in [-0.1, -0.05) is 30.3 Å². The minimum Gasteiger partial charge on any atom is -0.383 e. The molecule has 2 atom stereocenters. The number of rotatable bonds is 7. The fourth-order valence-corrected chi connectivity index (χ4v) is 4.92. The molecule has 0 aliphatic carbocycles. The summed E-state index contributed by atoms with van der Waals surface area (Å²) in [6, 6.07) is 18.4. The average molecular weight is 523 g/mol. The van der Waals surface area contributed by atoms with Crippen molar-refractivity contribution in [3.8, 4) is 22.3 Å². The number of hydrogen-bond donors (Lipinski definition) is 2. The molecule has 6 rings (SSSR count). The lowest BCUT2D eigenvalue weighted by Crippen LogP contribution is -2.44. The van der Waals surface area contributed by atoms with E-state index in [1.807, 2.05) is 13.2 Å². The molecule has 198 valence electrons. The Hall–Kier alpha value is -4.47. The Balaban J connectivity index is 1.09. The molecule has 1 aliphatic rings. The molecule has 3 N–H and O–H groups in total. The number of aromatic nitrogens is 4. The highest BCUT2D eigenvalue weighted by Gasteiger charge is 2.31. The van der Waals surface area contributed by atoms with Gasteiger partial charge in [0, 0.05) is 54.7 Å². The predicted molar refractivity (Wildman–Crippen MR) is 150 cm³/mol. The van der Waals surface area contributed by atoms with Crippen LogP contribution in [0.15, 0.2) is 79.4 Å². The topological polar surface area (TPSA) is 109 Å². The van der Waals surface area contributed by atoms with Crippen molar-refractivity contribution in [2.24, 2.45) is 14.1 Å². The molecule has 2 aromatic carbocycles. The van der Waals surface area contributed by atoms with Crippen molar-refractivity contribution in [1.82, 2.24) is 24.6 Å². The van der Waals surface area contributed by atoms with E-state index in [-0.39, 0.29) is 23.9 Å². The molecule has 9 heteroatoms. The number of nitrogen functional groups attached to an aromatic ring is 1. The monoisotopic (exact) mass is 522 g/mol. The molecule has 0 bridgehead atoms. The van der Waals surface area contributed by atoms with Crippen LogP contribution in [0.25, 0.3) is 33.2 Å². The normalized spacial score (nSPS) is 17.1. The fraction of sp³-hybridized carbons (Fsp3) is 0.233. The molecule has 3 aromatic heterocycles. The van der Waals surface area contributed by atoms with Crippen LogP contribution in [0.3, 0.4) is 0 Å². The number of nitrogens with two attached hydrogens (primary N) is 1. The van der Waals surface area contributed by atoms with Crippen LogP contribution in [0.2, 0.25) is 0 Å². The van der Waals surface area contributed by atoms with E-state index in [0.717, 1.165) is 22.3 Å². The summed E-state index contributed by atoms with van der Waals surface area (Å²) in [6.07, 6.45) is 7.02. The van der Waals surface area contributed by atoms with Gasteiger partial charge in [-0.25, -0.2) is 4.98 Å². The van der Waals surface area contributed by atoms with Crippen molar-refractivity contribution < 1.29 is 14.3 Å². The molecule has 4 heterocycles. The van der Waals surface area contributed by atoms with Crippen molar-refractivity contribution in [2.75, 3.05) is 18.9 Å². The molecule has 1 amide bonds. The lowest BCUT2D eigenvalue weighted by Gasteiger charge is -2.20. The van der Waals surface area contributed by atoms with E-state index in [1.54, 1.807) is 23.1 Å². The van der Waals surface area contributed by atoms with Crippen LogP contribution in [0, 0.1) is 0 Å². The first-order valence-corrected chi connectivity index (χ1v) is 12.8. The molecule has 1 fully saturated rings. The van der Waals surface area contributed by atoms with Gasteiger partial charge in [0.2, 0.25) is 0 Å². The Bertz CT molecular complexity index is 1640. The highest BCUT2D eigenvalue weighted by Crippen LogP contribution is 2.26. The average Bonchev–Trinajstić information content (AvgIpc) is 3.68. The number of carbonyl (C=O) groups excluding carboxylic acids is 1. The van der Waals surface area contributed by atoms with E-state index in [2.05, 4.69) is 81.7 Å². The third-order valence-electron chi connectivity index (χ3n) is 7.18. The quantitative estimate of drug-likeness (QED) is 0.335. The van der Waals surface area contributed by atoms with Gasteiger partial charge in [0.05, 0.1) is 37.6 Å². The zero-order chi connectivity index (χ0) is 26.9. The zero-order valence-corrected chi connectivity index (χ0v) is 21.9. The maximum Gasteiger partial charge on any atom is 0.255 e. The number of anilines is 1. The number of nitrogens with one attached hydrogen (secondary N) is 1. The van der Waals surface area contributed by atoms with Gasteiger partial charge in [0.1, 0.15) is 11.9 Å². The number of hydrogen-bond acceptors (Lipinski definition) is 6. The second kappa shape index (κ2) is 10.4. The maximum atomic E-state index is 13.1. The summed E-state index contributed by atoms with van der Waals surface area (Å²) in [5, 5.41) is 8.43. The molecular weight excluding hydrogens is 492 g/mol. The van der Waals surface area contributed by atoms with Crippen molar-refractivity contribution in [1.29, 1.82) is 0 Å². The smallest absolute Gasteiger partial charge is 0.255 e. The van der Waals surface area contributed by atoms with Gasteiger partial charge in [0.25, 0.3) is 5.91 Å². The van der Waals surface area contributed by atoms with Gasteiger partial charge in [0.15, 0.2) is 0 Å². The number of pyridine rings is 1. The summed E-state index contributed by atoms with van der Waals surface area (Å²) in [6.45, 7) is 1.19. The number of aryl methyl sites for hydroxylation is 2. The molecule has 0 radical (unpaired) electrons. The molecule has 0 saturated carbocycles. The van der Waals surface area contributed by atoms with Crippen LogP contribution in [-0.4, -0.2) is 50.6 Å². The largest absolute Gasteiger partial charge is 0.383 e. The second-order valence-electron chi connectivity index (χ2n) is 9.92. The van der Waals surface area contributed by atoms with Gasteiger partial charge in [-0.05, 0) is 41.0 Å². The van der Waals surface area contributed by atoms with Crippen LogP contribution < -0.4 is 11.1 Å². The first-order valence-electron chi connectivity index (χ1n) is 12.8. The van der Waals surface area contributed by atoms with E-state index in [0.29, 0.717) is 25.4 Å². The Morgan fingerprint density at radius 1 is 1.03 bits per heavy atom. The minimum absolute atomic E-state index is 0.169. The van der Waals surface area contributed by atoms with E-state index >= 15 is 0 Å². The lowest BCUT2D eigenvalue weighted by molar-refractivity contribution is 0.0218. The van der Waals surface area contributed by atoms with E-state index in [9.17, 15) is 4.79 Å². The summed E-state index contributed by atoms with van der Waals surface area (Å²) >= 11 is 0. The van der Waals surface area contributed by atoms with Gasteiger partial charge >= 0.3 is 0 Å². The number of benzene rings is 2. The number of ether oxygens (including phenoxy) is 2. The van der Waals surface area contributed by atoms with Gasteiger partial charge < -0.3 is 25.1 Å². The zero-order valence-electron chi connectivity index (χ0n) is 21.9. The Morgan fingerprint density at radius 2 is 1.85 bits per heavy atom. The van der Waals surface area contributed by atoms with Crippen LogP contribution >= 0.6 is 0 Å². The molecule has 1 saturated heterocycles. The fourth-order valence-electron chi connectivity index (χ4n) is 4.92. The lowest BCUT2D eigenvalue weighted by atomic mass is 10.0. The molecule has 9 nitrogen and oxygen atoms in total. The van der Waals surface area contributed by atoms with Crippen LogP contribution in [0.5, 0.6) is 0 Å². The first-order chi connectivity index (χ1) is 18.9. The first kappa shape index (κ1) is 24.8. The highest BCUT2D eigenvalue weighted by molar-refractivity contribution is 5.99. The number of carbonyl (C=O) groups is 1. The van der Waals surface area contributed by atoms with Crippen LogP contribution in [-0.2, 0) is 30.2 Å². The standard InChI is InChI=1S/C30H30N6O3/c1-35-10-9-22-11-21(7-8-27(22)35)20-5-3-19(4-6-20)16-39-28-18-38-17-26(28)34-30(37)25-12-23(13-32-29(25)31)24-14-33-36(2)15-24/h3-15,26,28H,16-18H2,1-2H3,(H2,31,32)(H,34,37)/t26-,28-/m0/s1. The van der Waals surface area contributed by atoms with Crippen LogP contribution in [0.4, 0.5) is 5.82 Å². The van der Waals surface area contributed by atoms with Gasteiger partial charge in [-0.3, -0.25) is 9.48 Å². The van der Waals surface area contributed by atoms with Gasteiger partial charge in [-0.2, -0.15) is 5.10 Å². The van der Waals surface area contributed by atoms with Crippen molar-refractivity contribution >= 4 is 22.6 Å². The molecule has 1 aliphatic heterocycles. The number of fused-ring (bicyclic) bond motifs is 1. The van der Waals surface area contributed by atoms with Crippen molar-refractivity contribution in [2.45, 2.75) is 18.8 Å². The number of nitrogens with zero attached hydrogens (tertiary/aromatic N) is 4. The van der Waals surface area contributed by atoms with E-state index in [4.69, 9.17) is 15.2 Å². The molecule has 5 aromatic rings. The third-order valence-corrected chi connectivity index (χ3v) is 7.18. The summed E-state index contributed by atoms with van der Waals surface area (Å²) in [4.78, 5) is 17.3. The highest BCUT2D eigenvalue weighted by atomic mass is 16.5. The Morgan fingerprint density at radius 3 is 2.64 bits per heavy atom. The Labute approximate surface area is 226 Å². The predicted octanol–water partition coefficient (Wildman–Crippen LogP) is 3.94.